The fraction of sp³-hybridized carbons (Fsp3) is 0.550. The standard InChI is InChI=1S/C20H31N5O.HI/c1-5-21-20(22-13-17-14-23(2)10-11-24(17)3)25(4)15-18-12-16-8-6-7-9-19(16)26-18;/h6-9,12,17H,5,10-11,13-15H2,1-4H3,(H,21,22);1H. The van der Waals surface area contributed by atoms with E-state index in [9.17, 15) is 0 Å². The monoisotopic (exact) mass is 485 g/mol. The van der Waals surface area contributed by atoms with Crippen LogP contribution in [0.25, 0.3) is 11.0 Å². The number of rotatable bonds is 5. The molecule has 0 amide bonds. The van der Waals surface area contributed by atoms with Crippen LogP contribution in [-0.4, -0.2) is 80.6 Å². The number of piperazine rings is 1. The highest BCUT2D eigenvalue weighted by molar-refractivity contribution is 14.0. The largest absolute Gasteiger partial charge is 0.459 e. The summed E-state index contributed by atoms with van der Waals surface area (Å²) in [6.07, 6.45) is 0. The molecule has 1 aromatic heterocycles. The molecule has 1 unspecified atom stereocenters. The Labute approximate surface area is 179 Å². The fourth-order valence-corrected chi connectivity index (χ4v) is 3.38. The molecule has 0 bridgehead atoms. The normalized spacial score (nSPS) is 19.1. The Hall–Kier alpha value is -1.32. The minimum Gasteiger partial charge on any atom is -0.459 e. The lowest BCUT2D eigenvalue weighted by atomic mass is 10.2. The summed E-state index contributed by atoms with van der Waals surface area (Å²) in [6, 6.07) is 10.7. The van der Waals surface area contributed by atoms with E-state index in [4.69, 9.17) is 9.41 Å². The van der Waals surface area contributed by atoms with Gasteiger partial charge in [-0.1, -0.05) is 18.2 Å². The molecule has 2 heterocycles. The number of likely N-dealkylation sites (N-methyl/N-ethyl adjacent to an activating group) is 2. The summed E-state index contributed by atoms with van der Waals surface area (Å²) in [4.78, 5) is 11.8. The summed E-state index contributed by atoms with van der Waals surface area (Å²) in [7, 11) is 6.44. The van der Waals surface area contributed by atoms with Crippen LogP contribution >= 0.6 is 24.0 Å². The van der Waals surface area contributed by atoms with Crippen LogP contribution < -0.4 is 5.32 Å². The highest BCUT2D eigenvalue weighted by Crippen LogP contribution is 2.19. The topological polar surface area (TPSA) is 47.3 Å². The Bertz CT molecular complexity index is 714. The van der Waals surface area contributed by atoms with E-state index in [0.29, 0.717) is 12.6 Å². The Kier molecular flexibility index (Phi) is 8.37. The van der Waals surface area contributed by atoms with Gasteiger partial charge >= 0.3 is 0 Å². The van der Waals surface area contributed by atoms with Crippen molar-refractivity contribution in [2.75, 3.05) is 53.9 Å². The number of halogens is 1. The zero-order chi connectivity index (χ0) is 18.5. The molecule has 0 spiro atoms. The van der Waals surface area contributed by atoms with Crippen LogP contribution in [0, 0.1) is 0 Å². The number of aliphatic imine (C=N–C) groups is 1. The number of benzene rings is 1. The molecular formula is C20H32IN5O. The van der Waals surface area contributed by atoms with Gasteiger partial charge in [0.05, 0.1) is 13.1 Å². The van der Waals surface area contributed by atoms with Crippen molar-refractivity contribution in [1.82, 2.24) is 20.0 Å². The summed E-state index contributed by atoms with van der Waals surface area (Å²) >= 11 is 0. The summed E-state index contributed by atoms with van der Waals surface area (Å²) in [5, 5.41) is 4.55. The number of fused-ring (bicyclic) bond motifs is 1. The number of para-hydroxylation sites is 1. The molecule has 2 aromatic rings. The van der Waals surface area contributed by atoms with Crippen molar-refractivity contribution in [3.63, 3.8) is 0 Å². The molecule has 0 aliphatic carbocycles. The second-order valence-corrected chi connectivity index (χ2v) is 7.20. The maximum Gasteiger partial charge on any atom is 0.194 e. The van der Waals surface area contributed by atoms with Crippen molar-refractivity contribution in [2.24, 2.45) is 4.99 Å². The number of nitrogens with one attached hydrogen (secondary N) is 1. The van der Waals surface area contributed by atoms with E-state index in [1.807, 2.05) is 18.2 Å². The van der Waals surface area contributed by atoms with E-state index >= 15 is 0 Å². The average molecular weight is 485 g/mol. The van der Waals surface area contributed by atoms with E-state index < -0.39 is 0 Å². The van der Waals surface area contributed by atoms with E-state index in [1.54, 1.807) is 0 Å². The number of guanidine groups is 1. The van der Waals surface area contributed by atoms with Gasteiger partial charge in [0.1, 0.15) is 11.3 Å². The Morgan fingerprint density at radius 2 is 2.07 bits per heavy atom. The third kappa shape index (κ3) is 5.83. The third-order valence-corrected chi connectivity index (χ3v) is 5.00. The van der Waals surface area contributed by atoms with Crippen molar-refractivity contribution in [1.29, 1.82) is 0 Å². The summed E-state index contributed by atoms with van der Waals surface area (Å²) in [6.45, 7) is 7.74. The maximum atomic E-state index is 5.95. The first-order chi connectivity index (χ1) is 12.6. The van der Waals surface area contributed by atoms with Crippen molar-refractivity contribution < 1.29 is 4.42 Å². The Morgan fingerprint density at radius 1 is 1.30 bits per heavy atom. The van der Waals surface area contributed by atoms with E-state index in [-0.39, 0.29) is 24.0 Å². The molecule has 27 heavy (non-hydrogen) atoms. The highest BCUT2D eigenvalue weighted by atomic mass is 127. The number of hydrogen-bond acceptors (Lipinski definition) is 4. The van der Waals surface area contributed by atoms with Gasteiger partial charge in [-0.05, 0) is 33.2 Å². The molecule has 0 radical (unpaired) electrons. The molecule has 6 nitrogen and oxygen atoms in total. The first-order valence-corrected chi connectivity index (χ1v) is 9.42. The molecule has 1 aromatic carbocycles. The molecule has 1 atom stereocenters. The van der Waals surface area contributed by atoms with Gasteiger partial charge in [0, 0.05) is 44.7 Å². The van der Waals surface area contributed by atoms with Crippen LogP contribution in [0.1, 0.15) is 12.7 Å². The average Bonchev–Trinajstić information content (AvgIpc) is 3.03. The summed E-state index contributed by atoms with van der Waals surface area (Å²) in [5.41, 5.74) is 0.935. The third-order valence-electron chi connectivity index (χ3n) is 5.00. The first kappa shape index (κ1) is 22.0. The predicted molar refractivity (Wildman–Crippen MR) is 123 cm³/mol. The van der Waals surface area contributed by atoms with Crippen LogP contribution in [0.3, 0.4) is 0 Å². The lowest BCUT2D eigenvalue weighted by Gasteiger charge is -2.37. The molecule has 150 valence electrons. The molecular weight excluding hydrogens is 453 g/mol. The lowest BCUT2D eigenvalue weighted by molar-refractivity contribution is 0.119. The molecule has 1 saturated heterocycles. The second-order valence-electron chi connectivity index (χ2n) is 7.20. The van der Waals surface area contributed by atoms with Gasteiger partial charge in [-0.15, -0.1) is 24.0 Å². The molecule has 1 N–H and O–H groups in total. The highest BCUT2D eigenvalue weighted by Gasteiger charge is 2.22. The molecule has 0 saturated carbocycles. The van der Waals surface area contributed by atoms with E-state index in [0.717, 1.165) is 55.4 Å². The van der Waals surface area contributed by atoms with E-state index in [1.165, 1.54) is 0 Å². The van der Waals surface area contributed by atoms with Gasteiger partial charge in [0.15, 0.2) is 5.96 Å². The molecule has 1 fully saturated rings. The minimum atomic E-state index is 0. The fourth-order valence-electron chi connectivity index (χ4n) is 3.38. The van der Waals surface area contributed by atoms with Gasteiger partial charge in [-0.2, -0.15) is 0 Å². The predicted octanol–water partition coefficient (Wildman–Crippen LogP) is 2.69. The lowest BCUT2D eigenvalue weighted by Crippen LogP contribution is -2.51. The molecule has 3 rings (SSSR count). The Balaban J connectivity index is 0.00000261. The van der Waals surface area contributed by atoms with Crippen molar-refractivity contribution in [3.8, 4) is 0 Å². The molecule has 1 aliphatic rings. The van der Waals surface area contributed by atoms with Gasteiger partial charge < -0.3 is 19.5 Å². The smallest absolute Gasteiger partial charge is 0.194 e. The summed E-state index contributed by atoms with van der Waals surface area (Å²) < 4.78 is 5.95. The zero-order valence-electron chi connectivity index (χ0n) is 16.8. The van der Waals surface area contributed by atoms with Gasteiger partial charge in [-0.25, -0.2) is 0 Å². The van der Waals surface area contributed by atoms with Crippen LogP contribution in [0.5, 0.6) is 0 Å². The number of nitrogens with zero attached hydrogens (tertiary/aromatic N) is 4. The van der Waals surface area contributed by atoms with Gasteiger partial charge in [-0.3, -0.25) is 9.89 Å². The maximum absolute atomic E-state index is 5.95. The van der Waals surface area contributed by atoms with Crippen LogP contribution in [-0.2, 0) is 6.54 Å². The number of furan rings is 1. The quantitative estimate of drug-likeness (QED) is 0.401. The van der Waals surface area contributed by atoms with Crippen molar-refractivity contribution in [3.05, 3.63) is 36.1 Å². The van der Waals surface area contributed by atoms with Gasteiger partial charge in [0.25, 0.3) is 0 Å². The second kappa shape index (κ2) is 10.3. The molecule has 1 aliphatic heterocycles. The number of hydrogen-bond donors (Lipinski definition) is 1. The van der Waals surface area contributed by atoms with Crippen molar-refractivity contribution >= 4 is 40.9 Å². The summed E-state index contributed by atoms with van der Waals surface area (Å²) in [5.74, 6) is 1.88. The minimum absolute atomic E-state index is 0. The molecule has 7 heteroatoms. The van der Waals surface area contributed by atoms with Crippen LogP contribution in [0.15, 0.2) is 39.7 Å². The van der Waals surface area contributed by atoms with E-state index in [2.05, 4.69) is 60.2 Å². The Morgan fingerprint density at radius 3 is 2.81 bits per heavy atom. The van der Waals surface area contributed by atoms with Crippen LogP contribution in [0.4, 0.5) is 0 Å². The zero-order valence-corrected chi connectivity index (χ0v) is 19.1. The van der Waals surface area contributed by atoms with Crippen molar-refractivity contribution in [2.45, 2.75) is 19.5 Å². The first-order valence-electron chi connectivity index (χ1n) is 9.42. The SMILES string of the molecule is CCNC(=NCC1CN(C)CCN1C)N(C)Cc1cc2ccccc2o1.I. The van der Waals surface area contributed by atoms with Gasteiger partial charge in [0.2, 0.25) is 0 Å². The van der Waals surface area contributed by atoms with Crippen LogP contribution in [0.2, 0.25) is 0 Å².